The smallest absolute Gasteiger partial charge is 0.246 e. The SMILES string of the molecule is CC(O)C1CCCCN1C(=O)/C=C/c1cccc(C#N)c1. The molecule has 0 radical (unpaired) electrons. The van der Waals surface area contributed by atoms with Crippen LogP contribution in [0.5, 0.6) is 0 Å². The van der Waals surface area contributed by atoms with Gasteiger partial charge in [0.15, 0.2) is 0 Å². The van der Waals surface area contributed by atoms with Gasteiger partial charge in [-0.2, -0.15) is 5.26 Å². The lowest BCUT2D eigenvalue weighted by molar-refractivity contribution is -0.132. The van der Waals surface area contributed by atoms with Crippen LogP contribution in [-0.2, 0) is 4.79 Å². The van der Waals surface area contributed by atoms with E-state index in [1.54, 1.807) is 36.1 Å². The Hall–Kier alpha value is -2.12. The molecule has 1 N–H and O–H groups in total. The Kier molecular flexibility index (Phi) is 5.13. The van der Waals surface area contributed by atoms with E-state index in [9.17, 15) is 9.90 Å². The van der Waals surface area contributed by atoms with Crippen molar-refractivity contribution in [1.82, 2.24) is 4.90 Å². The molecular formula is C17H20N2O2. The molecule has 1 aromatic rings. The van der Waals surface area contributed by atoms with Gasteiger partial charge in [-0.15, -0.1) is 0 Å². The van der Waals surface area contributed by atoms with Crippen LogP contribution >= 0.6 is 0 Å². The number of amides is 1. The van der Waals surface area contributed by atoms with Crippen LogP contribution in [0.25, 0.3) is 6.08 Å². The summed E-state index contributed by atoms with van der Waals surface area (Å²) in [6.07, 6.45) is 5.61. The van der Waals surface area contributed by atoms with E-state index in [-0.39, 0.29) is 11.9 Å². The second-order valence-corrected chi connectivity index (χ2v) is 5.41. The minimum Gasteiger partial charge on any atom is -0.391 e. The monoisotopic (exact) mass is 284 g/mol. The van der Waals surface area contributed by atoms with Crippen LogP contribution < -0.4 is 0 Å². The predicted octanol–water partition coefficient (Wildman–Crippen LogP) is 2.33. The van der Waals surface area contributed by atoms with Crippen molar-refractivity contribution in [3.63, 3.8) is 0 Å². The molecule has 1 fully saturated rings. The quantitative estimate of drug-likeness (QED) is 0.866. The van der Waals surface area contributed by atoms with E-state index in [2.05, 4.69) is 6.07 Å². The van der Waals surface area contributed by atoms with E-state index in [1.165, 1.54) is 6.08 Å². The van der Waals surface area contributed by atoms with Gasteiger partial charge in [-0.05, 0) is 50.0 Å². The van der Waals surface area contributed by atoms with Crippen LogP contribution in [0.2, 0.25) is 0 Å². The van der Waals surface area contributed by atoms with Crippen molar-refractivity contribution in [2.45, 2.75) is 38.3 Å². The highest BCUT2D eigenvalue weighted by Crippen LogP contribution is 2.20. The third-order valence-electron chi connectivity index (χ3n) is 3.82. The molecule has 1 aliphatic heterocycles. The molecule has 0 bridgehead atoms. The van der Waals surface area contributed by atoms with E-state index in [0.29, 0.717) is 12.1 Å². The minimum absolute atomic E-state index is 0.0806. The largest absolute Gasteiger partial charge is 0.391 e. The molecule has 1 amide bonds. The summed E-state index contributed by atoms with van der Waals surface area (Å²) in [6, 6.07) is 9.10. The molecule has 2 unspecified atom stereocenters. The van der Waals surface area contributed by atoms with E-state index in [1.807, 2.05) is 6.07 Å². The van der Waals surface area contributed by atoms with Crippen molar-refractivity contribution in [2.24, 2.45) is 0 Å². The molecular weight excluding hydrogens is 264 g/mol. The Labute approximate surface area is 125 Å². The van der Waals surface area contributed by atoms with E-state index in [4.69, 9.17) is 5.26 Å². The first-order chi connectivity index (χ1) is 10.1. The molecule has 2 atom stereocenters. The van der Waals surface area contributed by atoms with Gasteiger partial charge in [0, 0.05) is 12.6 Å². The lowest BCUT2D eigenvalue weighted by Crippen LogP contribution is -2.48. The number of aliphatic hydroxyl groups is 1. The van der Waals surface area contributed by atoms with Crippen LogP contribution in [0.15, 0.2) is 30.3 Å². The fraction of sp³-hybridized carbons (Fsp3) is 0.412. The molecule has 1 saturated heterocycles. The van der Waals surface area contributed by atoms with Crippen molar-refractivity contribution in [1.29, 1.82) is 5.26 Å². The number of carbonyl (C=O) groups is 1. The van der Waals surface area contributed by atoms with Crippen molar-refractivity contribution < 1.29 is 9.90 Å². The van der Waals surface area contributed by atoms with Crippen LogP contribution in [0.3, 0.4) is 0 Å². The number of piperidine rings is 1. The number of benzene rings is 1. The van der Waals surface area contributed by atoms with Crippen LogP contribution in [-0.4, -0.2) is 34.6 Å². The maximum Gasteiger partial charge on any atom is 0.246 e. The van der Waals surface area contributed by atoms with Gasteiger partial charge in [-0.1, -0.05) is 12.1 Å². The number of carbonyl (C=O) groups excluding carboxylic acids is 1. The van der Waals surface area contributed by atoms with Gasteiger partial charge in [0.05, 0.1) is 23.8 Å². The second-order valence-electron chi connectivity index (χ2n) is 5.41. The number of hydrogen-bond donors (Lipinski definition) is 1. The maximum absolute atomic E-state index is 12.3. The van der Waals surface area contributed by atoms with Crippen molar-refractivity contribution in [3.8, 4) is 6.07 Å². The Morgan fingerprint density at radius 3 is 3.05 bits per heavy atom. The lowest BCUT2D eigenvalue weighted by atomic mass is 9.98. The molecule has 4 nitrogen and oxygen atoms in total. The van der Waals surface area contributed by atoms with Gasteiger partial charge in [-0.3, -0.25) is 4.79 Å². The van der Waals surface area contributed by atoms with Gasteiger partial charge >= 0.3 is 0 Å². The second kappa shape index (κ2) is 7.05. The summed E-state index contributed by atoms with van der Waals surface area (Å²) in [5.74, 6) is -0.0806. The minimum atomic E-state index is -0.510. The molecule has 0 spiro atoms. The van der Waals surface area contributed by atoms with Gasteiger partial charge in [0.2, 0.25) is 5.91 Å². The number of likely N-dealkylation sites (tertiary alicyclic amines) is 1. The Morgan fingerprint density at radius 2 is 2.33 bits per heavy atom. The van der Waals surface area contributed by atoms with Crippen molar-refractivity contribution >= 4 is 12.0 Å². The number of rotatable bonds is 3. The average molecular weight is 284 g/mol. The lowest BCUT2D eigenvalue weighted by Gasteiger charge is -2.36. The highest BCUT2D eigenvalue weighted by Gasteiger charge is 2.28. The maximum atomic E-state index is 12.3. The standard InChI is InChI=1S/C17H20N2O2/c1-13(20)16-7-2-3-10-19(16)17(21)9-8-14-5-4-6-15(11-14)12-18/h4-6,8-9,11,13,16,20H,2-3,7,10H2,1H3/b9-8+. The highest BCUT2D eigenvalue weighted by atomic mass is 16.3. The van der Waals surface area contributed by atoms with E-state index >= 15 is 0 Å². The number of nitriles is 1. The van der Waals surface area contributed by atoms with Crippen molar-refractivity contribution in [3.05, 3.63) is 41.5 Å². The summed E-state index contributed by atoms with van der Waals surface area (Å²) in [7, 11) is 0. The molecule has 0 aliphatic carbocycles. The molecule has 0 aromatic heterocycles. The zero-order valence-corrected chi connectivity index (χ0v) is 12.2. The van der Waals surface area contributed by atoms with Crippen LogP contribution in [0.1, 0.15) is 37.3 Å². The predicted molar refractivity (Wildman–Crippen MR) is 81.2 cm³/mol. The summed E-state index contributed by atoms with van der Waals surface area (Å²) in [4.78, 5) is 14.1. The molecule has 1 aromatic carbocycles. The number of hydrogen-bond acceptors (Lipinski definition) is 3. The zero-order chi connectivity index (χ0) is 15.2. The number of nitrogens with zero attached hydrogens (tertiary/aromatic N) is 2. The Morgan fingerprint density at radius 1 is 1.52 bits per heavy atom. The summed E-state index contributed by atoms with van der Waals surface area (Å²) < 4.78 is 0. The molecule has 4 heteroatoms. The first kappa shape index (κ1) is 15.3. The molecule has 110 valence electrons. The number of aliphatic hydroxyl groups excluding tert-OH is 1. The van der Waals surface area contributed by atoms with Crippen molar-refractivity contribution in [2.75, 3.05) is 6.54 Å². The zero-order valence-electron chi connectivity index (χ0n) is 12.2. The topological polar surface area (TPSA) is 64.3 Å². The fourth-order valence-corrected chi connectivity index (χ4v) is 2.71. The summed E-state index contributed by atoms with van der Waals surface area (Å²) in [6.45, 7) is 2.42. The molecule has 21 heavy (non-hydrogen) atoms. The third kappa shape index (κ3) is 3.93. The Balaban J connectivity index is 2.09. The molecule has 0 saturated carbocycles. The molecule has 1 heterocycles. The fourth-order valence-electron chi connectivity index (χ4n) is 2.71. The van der Waals surface area contributed by atoms with E-state index < -0.39 is 6.10 Å². The van der Waals surface area contributed by atoms with Gasteiger partial charge < -0.3 is 10.0 Å². The molecule has 2 rings (SSSR count). The summed E-state index contributed by atoms with van der Waals surface area (Å²) >= 11 is 0. The Bertz CT molecular complexity index is 572. The highest BCUT2D eigenvalue weighted by molar-refractivity contribution is 5.92. The van der Waals surface area contributed by atoms with Gasteiger partial charge in [-0.25, -0.2) is 0 Å². The third-order valence-corrected chi connectivity index (χ3v) is 3.82. The van der Waals surface area contributed by atoms with Crippen LogP contribution in [0.4, 0.5) is 0 Å². The molecule has 1 aliphatic rings. The summed E-state index contributed by atoms with van der Waals surface area (Å²) in [5, 5.41) is 18.7. The van der Waals surface area contributed by atoms with Gasteiger partial charge in [0.25, 0.3) is 0 Å². The summed E-state index contributed by atoms with van der Waals surface area (Å²) in [5.41, 5.74) is 1.40. The van der Waals surface area contributed by atoms with E-state index in [0.717, 1.165) is 24.8 Å². The van der Waals surface area contributed by atoms with Gasteiger partial charge in [0.1, 0.15) is 0 Å². The first-order valence-corrected chi connectivity index (χ1v) is 7.28. The average Bonchev–Trinajstić information content (AvgIpc) is 2.52. The first-order valence-electron chi connectivity index (χ1n) is 7.28. The normalized spacial score (nSPS) is 20.2. The van der Waals surface area contributed by atoms with Crippen LogP contribution in [0, 0.1) is 11.3 Å².